The van der Waals surface area contributed by atoms with Gasteiger partial charge in [0.25, 0.3) is 0 Å². The van der Waals surface area contributed by atoms with Gasteiger partial charge in [0, 0.05) is 11.3 Å². The van der Waals surface area contributed by atoms with Crippen LogP contribution in [0, 0.1) is 11.3 Å². The molecule has 1 fully saturated rings. The molecule has 1 saturated carbocycles. The highest BCUT2D eigenvalue weighted by Gasteiger charge is 2.52. The predicted molar refractivity (Wildman–Crippen MR) is 208 cm³/mol. The minimum absolute atomic E-state index is 0.0901. The van der Waals surface area contributed by atoms with Gasteiger partial charge in [0.15, 0.2) is 6.61 Å². The number of aromatic nitrogens is 2. The zero-order valence-corrected chi connectivity index (χ0v) is 31.4. The van der Waals surface area contributed by atoms with Crippen molar-refractivity contribution in [2.45, 2.75) is 104 Å². The van der Waals surface area contributed by atoms with Crippen molar-refractivity contribution in [3.63, 3.8) is 0 Å². The van der Waals surface area contributed by atoms with E-state index in [0.717, 1.165) is 29.4 Å². The van der Waals surface area contributed by atoms with Crippen LogP contribution >= 0.6 is 0 Å². The number of H-pyrrole nitrogens is 1. The van der Waals surface area contributed by atoms with E-state index in [-0.39, 0.29) is 17.4 Å². The van der Waals surface area contributed by atoms with E-state index in [4.69, 9.17) is 20.2 Å². The van der Waals surface area contributed by atoms with Crippen LogP contribution in [-0.2, 0) is 27.8 Å². The van der Waals surface area contributed by atoms with Gasteiger partial charge in [-0.2, -0.15) is 0 Å². The maximum Gasteiger partial charge on any atom is 0.344 e. The molecule has 3 N–H and O–H groups in total. The fourth-order valence-corrected chi connectivity index (χ4v) is 9.29. The van der Waals surface area contributed by atoms with Gasteiger partial charge in [0.05, 0.1) is 11.0 Å². The van der Waals surface area contributed by atoms with E-state index in [1.165, 1.54) is 47.9 Å². The number of imidazole rings is 1. The van der Waals surface area contributed by atoms with E-state index < -0.39 is 11.6 Å². The van der Waals surface area contributed by atoms with Gasteiger partial charge in [0.1, 0.15) is 17.2 Å². The van der Waals surface area contributed by atoms with Crippen LogP contribution in [0.4, 0.5) is 5.69 Å². The second-order valence-electron chi connectivity index (χ2n) is 16.8. The lowest BCUT2D eigenvalue weighted by Crippen LogP contribution is -2.50. The Labute approximate surface area is 303 Å². The standard InChI is InChI=1S/C45H53N3O3/c1-28(2)30-14-18-36-31(24-30)15-21-39-44(6,22-11-23-45(36,39)7)26-35-33(29-12-9-8-10-13-29)17-20-38-41(35)48-42(47-38)34-25-32(16-19-37(34)46)50-27-40(49)51-43(3,4)5/h8-10,12-14,16-20,24-25,28,39H,11,15,21-23,26-27,46H2,1-7H3,(H,47,48)/t39-,44+,45+/m0/s1. The minimum atomic E-state index is -0.580. The molecule has 5 aromatic rings. The lowest BCUT2D eigenvalue weighted by molar-refractivity contribution is -0.157. The zero-order chi connectivity index (χ0) is 36.1. The van der Waals surface area contributed by atoms with Crippen LogP contribution in [0.1, 0.15) is 102 Å². The van der Waals surface area contributed by atoms with Gasteiger partial charge in [-0.15, -0.1) is 0 Å². The highest BCUT2D eigenvalue weighted by molar-refractivity contribution is 5.90. The van der Waals surface area contributed by atoms with Gasteiger partial charge in [-0.25, -0.2) is 9.78 Å². The molecule has 4 aromatic carbocycles. The maximum absolute atomic E-state index is 12.4. The minimum Gasteiger partial charge on any atom is -0.482 e. The Balaban J connectivity index is 1.27. The molecule has 0 aliphatic heterocycles. The third kappa shape index (κ3) is 6.78. The number of hydrogen-bond acceptors (Lipinski definition) is 5. The molecule has 0 unspecified atom stereocenters. The first-order valence-electron chi connectivity index (χ1n) is 18.7. The Hall–Kier alpha value is -4.58. The van der Waals surface area contributed by atoms with Gasteiger partial charge in [0.2, 0.25) is 0 Å². The molecule has 0 saturated heterocycles. The first-order valence-corrected chi connectivity index (χ1v) is 18.7. The number of carbonyl (C=O) groups excluding carboxylic acids is 1. The number of aryl methyl sites for hydroxylation is 1. The number of aromatic amines is 1. The average Bonchev–Trinajstić information content (AvgIpc) is 3.52. The summed E-state index contributed by atoms with van der Waals surface area (Å²) in [6.45, 7) is 15.0. The Kier molecular flexibility index (Phi) is 9.02. The molecular formula is C45H53N3O3. The van der Waals surface area contributed by atoms with Crippen molar-refractivity contribution in [2.75, 3.05) is 12.3 Å². The SMILES string of the molecule is CC(C)c1ccc2c(c1)CC[C@H]1[C@@](C)(Cc3c(-c4ccccc4)ccc4[nH]c(-c5cc(OCC(=O)OC(C)(C)C)ccc5N)nc34)CCC[C@]21C. The molecule has 7 rings (SSSR count). The van der Waals surface area contributed by atoms with Crippen LogP contribution in [0.25, 0.3) is 33.5 Å². The van der Waals surface area contributed by atoms with Gasteiger partial charge in [-0.05, 0) is 133 Å². The van der Waals surface area contributed by atoms with Gasteiger partial charge in [-0.1, -0.05) is 88.7 Å². The first kappa shape index (κ1) is 34.9. The molecular weight excluding hydrogens is 631 g/mol. The van der Waals surface area contributed by atoms with Gasteiger partial charge in [-0.3, -0.25) is 0 Å². The van der Waals surface area contributed by atoms with Crippen LogP contribution in [0.2, 0.25) is 0 Å². The molecule has 266 valence electrons. The molecule has 0 amide bonds. The second kappa shape index (κ2) is 13.2. The van der Waals surface area contributed by atoms with E-state index >= 15 is 0 Å². The van der Waals surface area contributed by atoms with Crippen LogP contribution < -0.4 is 10.5 Å². The molecule has 3 atom stereocenters. The summed E-state index contributed by atoms with van der Waals surface area (Å²) in [5, 5.41) is 0. The molecule has 0 bridgehead atoms. The predicted octanol–water partition coefficient (Wildman–Crippen LogP) is 10.6. The molecule has 51 heavy (non-hydrogen) atoms. The van der Waals surface area contributed by atoms with Crippen LogP contribution in [0.3, 0.4) is 0 Å². The quantitative estimate of drug-likeness (QED) is 0.125. The number of carbonyl (C=O) groups is 1. The van der Waals surface area contributed by atoms with E-state index in [1.807, 2.05) is 26.8 Å². The van der Waals surface area contributed by atoms with Crippen LogP contribution in [0.5, 0.6) is 5.75 Å². The van der Waals surface area contributed by atoms with Gasteiger partial charge < -0.3 is 20.2 Å². The smallest absolute Gasteiger partial charge is 0.344 e. The molecule has 1 aromatic heterocycles. The fourth-order valence-electron chi connectivity index (χ4n) is 9.29. The summed E-state index contributed by atoms with van der Waals surface area (Å²) in [5.74, 6) is 1.89. The van der Waals surface area contributed by atoms with Crippen molar-refractivity contribution < 1.29 is 14.3 Å². The summed E-state index contributed by atoms with van der Waals surface area (Å²) in [6, 6.07) is 27.9. The lowest BCUT2D eigenvalue weighted by Gasteiger charge is -2.56. The van der Waals surface area contributed by atoms with Crippen molar-refractivity contribution in [3.8, 4) is 28.3 Å². The summed E-state index contributed by atoms with van der Waals surface area (Å²) in [4.78, 5) is 21.3. The highest BCUT2D eigenvalue weighted by Crippen LogP contribution is 2.59. The fraction of sp³-hybridized carbons (Fsp3) is 0.422. The van der Waals surface area contributed by atoms with Crippen molar-refractivity contribution in [2.24, 2.45) is 11.3 Å². The van der Waals surface area contributed by atoms with E-state index in [2.05, 4.69) is 93.3 Å². The zero-order valence-electron chi connectivity index (χ0n) is 31.4. The first-order chi connectivity index (χ1) is 24.2. The number of ether oxygens (including phenoxy) is 2. The Morgan fingerprint density at radius 2 is 1.76 bits per heavy atom. The molecule has 0 spiro atoms. The Morgan fingerprint density at radius 1 is 0.980 bits per heavy atom. The number of fused-ring (bicyclic) bond motifs is 4. The number of anilines is 1. The molecule has 0 radical (unpaired) electrons. The summed E-state index contributed by atoms with van der Waals surface area (Å²) < 4.78 is 11.3. The largest absolute Gasteiger partial charge is 0.482 e. The number of nitrogens with zero attached hydrogens (tertiary/aromatic N) is 1. The Morgan fingerprint density at radius 3 is 2.51 bits per heavy atom. The molecule has 6 heteroatoms. The number of nitrogens with two attached hydrogens (primary N) is 1. The normalized spacial score (nSPS) is 21.7. The summed E-state index contributed by atoms with van der Waals surface area (Å²) in [7, 11) is 0. The second-order valence-corrected chi connectivity index (χ2v) is 16.8. The Bertz CT molecular complexity index is 2070. The van der Waals surface area contributed by atoms with Crippen molar-refractivity contribution >= 4 is 22.7 Å². The van der Waals surface area contributed by atoms with E-state index in [1.54, 1.807) is 23.3 Å². The number of rotatable bonds is 8. The van der Waals surface area contributed by atoms with Crippen LogP contribution in [-0.4, -0.2) is 28.1 Å². The van der Waals surface area contributed by atoms with Gasteiger partial charge >= 0.3 is 5.97 Å². The maximum atomic E-state index is 12.4. The summed E-state index contributed by atoms with van der Waals surface area (Å²) >= 11 is 0. The third-order valence-electron chi connectivity index (χ3n) is 11.6. The van der Waals surface area contributed by atoms with Crippen molar-refractivity contribution in [1.29, 1.82) is 0 Å². The van der Waals surface area contributed by atoms with E-state index in [9.17, 15) is 4.79 Å². The van der Waals surface area contributed by atoms with Crippen molar-refractivity contribution in [1.82, 2.24) is 9.97 Å². The monoisotopic (exact) mass is 683 g/mol. The molecule has 1 heterocycles. The number of esters is 1. The summed E-state index contributed by atoms with van der Waals surface area (Å²) in [5.41, 5.74) is 17.8. The number of nitrogens with one attached hydrogen (secondary N) is 1. The van der Waals surface area contributed by atoms with Crippen LogP contribution in [0.15, 0.2) is 78.9 Å². The van der Waals surface area contributed by atoms with Crippen molar-refractivity contribution in [3.05, 3.63) is 101 Å². The molecule has 2 aliphatic rings. The summed E-state index contributed by atoms with van der Waals surface area (Å²) in [6.07, 6.45) is 6.92. The number of nitrogen functional groups attached to an aromatic ring is 1. The number of benzene rings is 4. The third-order valence-corrected chi connectivity index (χ3v) is 11.6. The topological polar surface area (TPSA) is 90.2 Å². The average molecular weight is 684 g/mol. The number of hydrogen-bond donors (Lipinski definition) is 2. The highest BCUT2D eigenvalue weighted by atomic mass is 16.6. The lowest BCUT2D eigenvalue weighted by atomic mass is 9.48. The van der Waals surface area contributed by atoms with E-state index in [0.29, 0.717) is 29.1 Å². The molecule has 2 aliphatic carbocycles. The molecule has 6 nitrogen and oxygen atoms in total.